The number of rotatable bonds is 4. The fourth-order valence-corrected chi connectivity index (χ4v) is 3.69. The second kappa shape index (κ2) is 6.94. The lowest BCUT2D eigenvalue weighted by Gasteiger charge is -2.14. The van der Waals surface area contributed by atoms with Crippen LogP contribution in [0.5, 0.6) is 0 Å². The van der Waals surface area contributed by atoms with Crippen LogP contribution in [0.3, 0.4) is 0 Å². The maximum Gasteiger partial charge on any atom is 0.266 e. The maximum absolute atomic E-state index is 13.4. The summed E-state index contributed by atoms with van der Waals surface area (Å²) in [5.41, 5.74) is 4.70. The minimum atomic E-state index is -0.0522. The van der Waals surface area contributed by atoms with E-state index in [0.717, 1.165) is 22.5 Å². The van der Waals surface area contributed by atoms with Crippen molar-refractivity contribution >= 4 is 22.1 Å². The van der Waals surface area contributed by atoms with Gasteiger partial charge in [0.1, 0.15) is 17.7 Å². The molecule has 0 atom stereocenters. The Balaban J connectivity index is 1.66. The highest BCUT2D eigenvalue weighted by Crippen LogP contribution is 2.18. The van der Waals surface area contributed by atoms with Crippen LogP contribution < -0.4 is 5.56 Å². The molecule has 0 fully saturated rings. The minimum Gasteiger partial charge on any atom is -0.342 e. The topological polar surface area (TPSA) is 89.3 Å². The van der Waals surface area contributed by atoms with Gasteiger partial charge in [-0.15, -0.1) is 0 Å². The number of benzene rings is 2. The van der Waals surface area contributed by atoms with Crippen molar-refractivity contribution in [3.8, 4) is 5.69 Å². The largest absolute Gasteiger partial charge is 0.342 e. The molecule has 0 aliphatic carbocycles. The zero-order valence-electron chi connectivity index (χ0n) is 15.8. The number of aryl methyl sites for hydroxylation is 3. The maximum atomic E-state index is 13.4. The molecular weight excluding hydrogens is 364 g/mol. The van der Waals surface area contributed by atoms with Gasteiger partial charge in [0.25, 0.3) is 5.56 Å². The number of nitrogens with zero attached hydrogens (tertiary/aromatic N) is 5. The molecule has 0 amide bonds. The summed E-state index contributed by atoms with van der Waals surface area (Å²) >= 11 is 0. The van der Waals surface area contributed by atoms with E-state index in [9.17, 15) is 4.79 Å². The third-order valence-electron chi connectivity index (χ3n) is 5.08. The molecule has 0 saturated heterocycles. The molecule has 0 spiro atoms. The van der Waals surface area contributed by atoms with Crippen LogP contribution in [0.1, 0.15) is 17.1 Å². The van der Waals surface area contributed by atoms with Gasteiger partial charge in [0.2, 0.25) is 0 Å². The number of hydrogen-bond donors (Lipinski definition) is 1. The Kier molecular flexibility index (Phi) is 4.13. The zero-order chi connectivity index (χ0) is 19.8. The van der Waals surface area contributed by atoms with Crippen LogP contribution in [0, 0.1) is 6.92 Å². The van der Waals surface area contributed by atoms with Gasteiger partial charge in [0.05, 0.1) is 28.6 Å². The average molecular weight is 382 g/mol. The molecule has 5 aromatic rings. The number of aromatic amines is 1. The van der Waals surface area contributed by atoms with Gasteiger partial charge in [-0.05, 0) is 37.1 Å². The monoisotopic (exact) mass is 382 g/mol. The van der Waals surface area contributed by atoms with Crippen molar-refractivity contribution in [3.05, 3.63) is 88.6 Å². The summed E-state index contributed by atoms with van der Waals surface area (Å²) in [6, 6.07) is 15.4. The Bertz CT molecular complexity index is 1390. The Labute approximate surface area is 166 Å². The molecule has 2 aromatic carbocycles. The summed E-state index contributed by atoms with van der Waals surface area (Å²) < 4.78 is 1.71. The van der Waals surface area contributed by atoms with E-state index in [2.05, 4.69) is 19.9 Å². The van der Waals surface area contributed by atoms with Gasteiger partial charge in [-0.3, -0.25) is 9.36 Å². The highest BCUT2D eigenvalue weighted by molar-refractivity contribution is 5.81. The Morgan fingerprint density at radius 2 is 1.83 bits per heavy atom. The van der Waals surface area contributed by atoms with E-state index in [0.29, 0.717) is 35.2 Å². The number of hydrogen-bond acceptors (Lipinski definition) is 5. The van der Waals surface area contributed by atoms with Gasteiger partial charge in [0, 0.05) is 6.42 Å². The number of H-pyrrole nitrogens is 1. The Morgan fingerprint density at radius 3 is 2.69 bits per heavy atom. The van der Waals surface area contributed by atoms with Crippen LogP contribution in [0.4, 0.5) is 0 Å². The second-order valence-corrected chi connectivity index (χ2v) is 6.89. The first kappa shape index (κ1) is 17.2. The smallest absolute Gasteiger partial charge is 0.266 e. The predicted octanol–water partition coefficient (Wildman–Crippen LogP) is 3.15. The average Bonchev–Trinajstić information content (AvgIpc) is 3.22. The lowest BCUT2D eigenvalue weighted by atomic mass is 10.1. The Morgan fingerprint density at radius 1 is 0.966 bits per heavy atom. The number of imidazole rings is 1. The molecule has 1 N–H and O–H groups in total. The summed E-state index contributed by atoms with van der Waals surface area (Å²) in [7, 11) is 0. The van der Waals surface area contributed by atoms with Crippen LogP contribution in [-0.4, -0.2) is 29.5 Å². The van der Waals surface area contributed by atoms with E-state index < -0.39 is 0 Å². The van der Waals surface area contributed by atoms with Gasteiger partial charge in [0.15, 0.2) is 5.65 Å². The van der Waals surface area contributed by atoms with Crippen molar-refractivity contribution in [1.29, 1.82) is 0 Å². The third-order valence-corrected chi connectivity index (χ3v) is 5.08. The molecule has 5 rings (SSSR count). The summed E-state index contributed by atoms with van der Waals surface area (Å²) in [4.78, 5) is 34.1. The molecule has 0 radical (unpaired) electrons. The van der Waals surface area contributed by atoms with E-state index in [1.54, 1.807) is 10.9 Å². The predicted molar refractivity (Wildman–Crippen MR) is 111 cm³/mol. The van der Waals surface area contributed by atoms with Gasteiger partial charge in [-0.25, -0.2) is 19.9 Å². The van der Waals surface area contributed by atoms with E-state index in [1.807, 2.05) is 55.5 Å². The lowest BCUT2D eigenvalue weighted by Crippen LogP contribution is -2.25. The van der Waals surface area contributed by atoms with Crippen molar-refractivity contribution in [2.45, 2.75) is 19.8 Å². The van der Waals surface area contributed by atoms with Gasteiger partial charge < -0.3 is 4.98 Å². The molecule has 0 aliphatic rings. The summed E-state index contributed by atoms with van der Waals surface area (Å²) in [5, 5.41) is 0.651. The molecular formula is C22H18N6O. The zero-order valence-corrected chi connectivity index (χ0v) is 15.8. The van der Waals surface area contributed by atoms with Crippen LogP contribution in [0.15, 0.2) is 66.0 Å². The minimum absolute atomic E-state index is 0.0522. The quantitative estimate of drug-likeness (QED) is 0.516. The number of nitrogens with one attached hydrogen (secondary N) is 1. The van der Waals surface area contributed by atoms with Crippen molar-refractivity contribution in [1.82, 2.24) is 29.5 Å². The first-order valence-electron chi connectivity index (χ1n) is 9.42. The summed E-state index contributed by atoms with van der Waals surface area (Å²) in [6.07, 6.45) is 4.29. The molecule has 0 saturated carbocycles. The van der Waals surface area contributed by atoms with Crippen LogP contribution in [0.2, 0.25) is 0 Å². The van der Waals surface area contributed by atoms with E-state index >= 15 is 0 Å². The normalized spacial score (nSPS) is 11.3. The molecule has 3 aromatic heterocycles. The molecule has 0 aliphatic heterocycles. The number of aromatic nitrogens is 6. The standard InChI is InChI=1S/C22H18N6O/c1-14-6-5-9-16-19(14)22(29)28(15-7-3-2-4-8-15)18(27-16)11-10-17-20-21(25-12-23-17)26-13-24-20/h2-9,12-13H,10-11H2,1H3,(H,23,24,25,26). The highest BCUT2D eigenvalue weighted by atomic mass is 16.1. The van der Waals surface area contributed by atoms with Crippen LogP contribution in [0.25, 0.3) is 27.8 Å². The van der Waals surface area contributed by atoms with Gasteiger partial charge in [-0.2, -0.15) is 0 Å². The fraction of sp³-hybridized carbons (Fsp3) is 0.136. The van der Waals surface area contributed by atoms with E-state index in [-0.39, 0.29) is 5.56 Å². The van der Waals surface area contributed by atoms with Crippen molar-refractivity contribution in [2.24, 2.45) is 0 Å². The van der Waals surface area contributed by atoms with Gasteiger partial charge >= 0.3 is 0 Å². The van der Waals surface area contributed by atoms with Crippen molar-refractivity contribution in [2.75, 3.05) is 0 Å². The molecule has 29 heavy (non-hydrogen) atoms. The van der Waals surface area contributed by atoms with Crippen LogP contribution in [-0.2, 0) is 12.8 Å². The SMILES string of the molecule is Cc1cccc2nc(CCc3ncnc4nc[nH]c34)n(-c3ccccc3)c(=O)c12. The molecule has 7 heteroatoms. The van der Waals surface area contributed by atoms with E-state index in [1.165, 1.54) is 6.33 Å². The molecule has 7 nitrogen and oxygen atoms in total. The van der Waals surface area contributed by atoms with Crippen LogP contribution >= 0.6 is 0 Å². The first-order chi connectivity index (χ1) is 14.2. The Hall–Kier alpha value is -3.87. The van der Waals surface area contributed by atoms with Gasteiger partial charge in [-0.1, -0.05) is 30.3 Å². The molecule has 142 valence electrons. The molecule has 0 unspecified atom stereocenters. The number of fused-ring (bicyclic) bond motifs is 2. The molecule has 3 heterocycles. The van der Waals surface area contributed by atoms with E-state index in [4.69, 9.17) is 4.98 Å². The first-order valence-corrected chi connectivity index (χ1v) is 9.42. The fourth-order valence-electron chi connectivity index (χ4n) is 3.69. The summed E-state index contributed by atoms with van der Waals surface area (Å²) in [5.74, 6) is 0.700. The summed E-state index contributed by atoms with van der Waals surface area (Å²) in [6.45, 7) is 1.94. The third kappa shape index (κ3) is 2.97. The second-order valence-electron chi connectivity index (χ2n) is 6.89. The van der Waals surface area contributed by atoms with Crippen molar-refractivity contribution in [3.63, 3.8) is 0 Å². The lowest BCUT2D eigenvalue weighted by molar-refractivity contribution is 0.778. The van der Waals surface area contributed by atoms with Crippen molar-refractivity contribution < 1.29 is 0 Å². The highest BCUT2D eigenvalue weighted by Gasteiger charge is 2.15. The number of para-hydroxylation sites is 1. The molecule has 0 bridgehead atoms.